The first-order valence-electron chi connectivity index (χ1n) is 22.0. The molecule has 0 fully saturated rings. The van der Waals surface area contributed by atoms with Crippen LogP contribution in [0.1, 0.15) is 150 Å². The Bertz CT molecular complexity index is 1320. The first-order chi connectivity index (χ1) is 29.4. The van der Waals surface area contributed by atoms with Crippen molar-refractivity contribution in [1.82, 2.24) is 9.80 Å². The number of ether oxygens (including phenoxy) is 2. The van der Waals surface area contributed by atoms with Crippen LogP contribution in [0.4, 0.5) is 65.9 Å². The van der Waals surface area contributed by atoms with Crippen LogP contribution in [-0.2, 0) is 23.9 Å². The second kappa shape index (κ2) is 27.2. The highest BCUT2D eigenvalue weighted by atomic mass is 19.4. The molecule has 0 spiro atoms. The fraction of sp³-hybridized carbons (Fsp3) is 0.929. The lowest BCUT2D eigenvalue weighted by molar-refractivity contribution is -0.450. The van der Waals surface area contributed by atoms with Gasteiger partial charge < -0.3 is 19.3 Å². The maximum absolute atomic E-state index is 15.5. The number of hydrogen-bond acceptors (Lipinski definition) is 6. The average Bonchev–Trinajstić information content (AvgIpc) is 3.20. The summed E-state index contributed by atoms with van der Waals surface area (Å²) in [7, 11) is 2.90. The normalized spacial score (nSPS) is 15.0. The molecule has 0 aromatic carbocycles. The number of hydrogen-bond donors (Lipinski definition) is 0. The first kappa shape index (κ1) is 61.3. The first-order valence-corrected chi connectivity index (χ1v) is 22.0. The highest BCUT2D eigenvalue weighted by Gasteiger charge is 2.94. The lowest BCUT2D eigenvalue weighted by Gasteiger charge is -2.42. The summed E-state index contributed by atoms with van der Waals surface area (Å²) >= 11 is 0. The zero-order valence-electron chi connectivity index (χ0n) is 37.6. The van der Waals surface area contributed by atoms with Crippen LogP contribution in [0, 0.1) is 11.8 Å². The molecule has 1 amide bonds. The topological polar surface area (TPSA) is 76.2 Å². The maximum atomic E-state index is 15.5. The molecular weight excluding hydrogens is 897 g/mol. The van der Waals surface area contributed by atoms with Crippen LogP contribution in [0.3, 0.4) is 0 Å². The van der Waals surface area contributed by atoms with Crippen molar-refractivity contribution in [2.75, 3.05) is 40.4 Å². The molecule has 0 heterocycles. The third kappa shape index (κ3) is 16.9. The molecule has 0 bridgehead atoms. The molecule has 0 aromatic heterocycles. The van der Waals surface area contributed by atoms with Crippen LogP contribution in [-0.4, -0.2) is 116 Å². The van der Waals surface area contributed by atoms with Gasteiger partial charge in [-0.2, -0.15) is 65.9 Å². The third-order valence-electron chi connectivity index (χ3n) is 11.2. The van der Waals surface area contributed by atoms with E-state index in [1.165, 1.54) is 19.0 Å². The second-order valence-electron chi connectivity index (χ2n) is 16.7. The van der Waals surface area contributed by atoms with Gasteiger partial charge in [0, 0.05) is 25.4 Å². The van der Waals surface area contributed by atoms with E-state index in [4.69, 9.17) is 9.47 Å². The number of halogens is 15. The van der Waals surface area contributed by atoms with E-state index in [1.807, 2.05) is 27.7 Å². The average molecular weight is 965 g/mol. The Labute approximate surface area is 366 Å². The minimum atomic E-state index is -8.52. The molecule has 0 saturated carbocycles. The van der Waals surface area contributed by atoms with Gasteiger partial charge in [-0.15, -0.1) is 0 Å². The molecular formula is C42H67F15N2O5. The summed E-state index contributed by atoms with van der Waals surface area (Å²) in [4.78, 5) is 39.5. The van der Waals surface area contributed by atoms with E-state index in [1.54, 1.807) is 0 Å². The molecule has 0 aliphatic heterocycles. The van der Waals surface area contributed by atoms with Gasteiger partial charge in [0.1, 0.15) is 0 Å². The predicted molar refractivity (Wildman–Crippen MR) is 209 cm³/mol. The molecule has 2 unspecified atom stereocenters. The van der Waals surface area contributed by atoms with Crippen LogP contribution in [0.25, 0.3) is 0 Å². The van der Waals surface area contributed by atoms with Crippen molar-refractivity contribution in [1.29, 1.82) is 0 Å². The molecule has 0 aliphatic rings. The highest BCUT2D eigenvalue weighted by molar-refractivity contribution is 5.85. The Morgan fingerprint density at radius 2 is 0.859 bits per heavy atom. The highest BCUT2D eigenvalue weighted by Crippen LogP contribution is 2.62. The molecule has 0 radical (unpaired) electrons. The summed E-state index contributed by atoms with van der Waals surface area (Å²) in [5.74, 6) is -52.8. The van der Waals surface area contributed by atoms with Crippen molar-refractivity contribution in [2.45, 2.75) is 197 Å². The molecule has 0 aliphatic carbocycles. The van der Waals surface area contributed by atoms with E-state index in [0.717, 1.165) is 51.4 Å². The Morgan fingerprint density at radius 1 is 0.469 bits per heavy atom. The van der Waals surface area contributed by atoms with Gasteiger partial charge in [0.25, 0.3) is 5.91 Å². The van der Waals surface area contributed by atoms with Gasteiger partial charge in [0.2, 0.25) is 0 Å². The van der Waals surface area contributed by atoms with Gasteiger partial charge in [-0.3, -0.25) is 14.4 Å². The van der Waals surface area contributed by atoms with Crippen molar-refractivity contribution in [3.05, 3.63) is 0 Å². The zero-order chi connectivity index (χ0) is 49.8. The standard InChI is InChI=1S/C42H67F15N2O5/c1-7-11-20-30(9-3)28-63-33(60)24-17-13-15-22-32(23-16-14-18-25-34(61)64-29-31(10-4)21-12-8-2)59(27-19-26-58(5)6)35(62)36(43,44)37(45,46)38(47,48)39(49,50)40(51,52)41(53,54)42(55,56)57/h30-32H,7-29H2,1-6H3. The Morgan fingerprint density at radius 3 is 1.22 bits per heavy atom. The van der Waals surface area contributed by atoms with Crippen LogP contribution in [0.15, 0.2) is 0 Å². The van der Waals surface area contributed by atoms with Gasteiger partial charge in [0.05, 0.1) is 13.2 Å². The molecule has 380 valence electrons. The predicted octanol–water partition coefficient (Wildman–Crippen LogP) is 12.9. The molecule has 0 aromatic rings. The number of unbranched alkanes of at least 4 members (excludes halogenated alkanes) is 6. The SMILES string of the molecule is CCCCC(CC)COC(=O)CCCCCC(CCCCCC(=O)OCC(CC)CCCC)N(CCCN(C)C)C(=O)C(F)(F)C(F)(F)C(F)(F)C(F)(F)C(F)(F)C(F)(F)C(F)(F)F. The quantitative estimate of drug-likeness (QED) is 0.0358. The molecule has 22 heteroatoms. The summed E-state index contributed by atoms with van der Waals surface area (Å²) < 4.78 is 223. The minimum Gasteiger partial charge on any atom is -0.465 e. The fourth-order valence-electron chi connectivity index (χ4n) is 6.76. The van der Waals surface area contributed by atoms with Crippen LogP contribution in [0.5, 0.6) is 0 Å². The number of carbonyl (C=O) groups is 3. The molecule has 2 atom stereocenters. The maximum Gasteiger partial charge on any atom is 0.460 e. The van der Waals surface area contributed by atoms with E-state index in [-0.39, 0.29) is 107 Å². The Balaban J connectivity index is 6.58. The molecule has 0 rings (SSSR count). The molecule has 0 N–H and O–H groups in total. The van der Waals surface area contributed by atoms with Gasteiger partial charge >= 0.3 is 53.7 Å². The smallest absolute Gasteiger partial charge is 0.460 e. The van der Waals surface area contributed by atoms with E-state index < -0.39 is 72.1 Å². The Hall–Kier alpha value is -2.68. The van der Waals surface area contributed by atoms with Gasteiger partial charge in [-0.1, -0.05) is 91.9 Å². The number of esters is 2. The number of alkyl halides is 15. The molecule has 64 heavy (non-hydrogen) atoms. The van der Waals surface area contributed by atoms with E-state index in [2.05, 4.69) is 0 Å². The van der Waals surface area contributed by atoms with Crippen molar-refractivity contribution in [3.8, 4) is 0 Å². The summed E-state index contributed by atoms with van der Waals surface area (Å²) in [6, 6.07) is -1.59. The van der Waals surface area contributed by atoms with Gasteiger partial charge in [-0.25, -0.2) is 0 Å². The minimum absolute atomic E-state index is 0.0403. The van der Waals surface area contributed by atoms with E-state index >= 15 is 17.6 Å². The van der Waals surface area contributed by atoms with Crippen molar-refractivity contribution < 1.29 is 89.7 Å². The monoisotopic (exact) mass is 964 g/mol. The van der Waals surface area contributed by atoms with Crippen molar-refractivity contribution in [3.63, 3.8) is 0 Å². The van der Waals surface area contributed by atoms with Gasteiger partial charge in [-0.05, 0) is 77.4 Å². The summed E-state index contributed by atoms with van der Waals surface area (Å²) in [6.07, 6.45) is -1.71. The number of nitrogens with zero attached hydrogens (tertiary/aromatic N) is 2. The molecule has 0 saturated heterocycles. The molecule has 7 nitrogen and oxygen atoms in total. The summed E-state index contributed by atoms with van der Waals surface area (Å²) in [5.41, 5.74) is 0. The largest absolute Gasteiger partial charge is 0.465 e. The lowest BCUT2D eigenvalue weighted by atomic mass is 9.90. The zero-order valence-corrected chi connectivity index (χ0v) is 37.6. The lowest BCUT2D eigenvalue weighted by Crippen LogP contribution is -2.74. The summed E-state index contributed by atoms with van der Waals surface area (Å²) in [5, 5.41) is 0. The fourth-order valence-corrected chi connectivity index (χ4v) is 6.76. The van der Waals surface area contributed by atoms with E-state index in [0.29, 0.717) is 0 Å². The van der Waals surface area contributed by atoms with Crippen LogP contribution < -0.4 is 0 Å². The Kier molecular flexibility index (Phi) is 26.1. The summed E-state index contributed by atoms with van der Waals surface area (Å²) in [6.45, 7) is 7.17. The number of carbonyl (C=O) groups excluding carboxylic acids is 3. The number of amides is 1. The second-order valence-corrected chi connectivity index (χ2v) is 16.7. The van der Waals surface area contributed by atoms with Crippen molar-refractivity contribution >= 4 is 17.8 Å². The van der Waals surface area contributed by atoms with E-state index in [9.17, 15) is 62.7 Å². The van der Waals surface area contributed by atoms with Gasteiger partial charge in [0.15, 0.2) is 0 Å². The van der Waals surface area contributed by atoms with Crippen molar-refractivity contribution in [2.24, 2.45) is 11.8 Å². The van der Waals surface area contributed by atoms with Crippen LogP contribution >= 0.6 is 0 Å². The number of rotatable bonds is 35. The van der Waals surface area contributed by atoms with Crippen LogP contribution in [0.2, 0.25) is 0 Å². The third-order valence-corrected chi connectivity index (χ3v) is 11.2.